The zero-order valence-electron chi connectivity index (χ0n) is 14.2. The van der Waals surface area contributed by atoms with E-state index in [0.29, 0.717) is 35.5 Å². The van der Waals surface area contributed by atoms with Crippen LogP contribution in [0.4, 0.5) is 0 Å². The molecule has 1 aliphatic heterocycles. The number of aromatic hydroxyl groups is 1. The van der Waals surface area contributed by atoms with Gasteiger partial charge in [0.15, 0.2) is 0 Å². The van der Waals surface area contributed by atoms with E-state index in [1.165, 1.54) is 0 Å². The lowest BCUT2D eigenvalue weighted by Gasteiger charge is -2.11. The molecule has 1 aliphatic rings. The fourth-order valence-electron chi connectivity index (χ4n) is 3.39. The van der Waals surface area contributed by atoms with Crippen LogP contribution in [0.2, 0.25) is 0 Å². The predicted molar refractivity (Wildman–Crippen MR) is 103 cm³/mol. The summed E-state index contributed by atoms with van der Waals surface area (Å²) < 4.78 is 1.79. The number of aromatic nitrogens is 1. The molecule has 26 heavy (non-hydrogen) atoms. The Morgan fingerprint density at radius 1 is 0.962 bits per heavy atom. The zero-order chi connectivity index (χ0) is 18.1. The van der Waals surface area contributed by atoms with Crippen LogP contribution in [0.15, 0.2) is 78.3 Å². The van der Waals surface area contributed by atoms with E-state index in [1.807, 2.05) is 60.7 Å². The van der Waals surface area contributed by atoms with Crippen molar-refractivity contribution in [1.82, 2.24) is 4.57 Å². The average Bonchev–Trinajstić information content (AvgIpc) is 3.17. The summed E-state index contributed by atoms with van der Waals surface area (Å²) >= 11 is 0. The molecule has 2 aromatic carbocycles. The Kier molecular flexibility index (Phi) is 4.01. The number of fused-ring (bicyclic) bond motifs is 1. The molecule has 0 saturated carbocycles. The molecule has 4 heteroatoms. The highest BCUT2D eigenvalue weighted by molar-refractivity contribution is 6.30. The second-order valence-corrected chi connectivity index (χ2v) is 6.15. The molecule has 2 heterocycles. The van der Waals surface area contributed by atoms with Crippen LogP contribution < -0.4 is 0 Å². The first kappa shape index (κ1) is 16.1. The SMILES string of the molecule is C=CCCn1c(O)c2c(c1-c1ccccc1)C(=O)N=C2c1ccccc1. The highest BCUT2D eigenvalue weighted by Gasteiger charge is 2.35. The number of hydrogen-bond donors (Lipinski definition) is 1. The van der Waals surface area contributed by atoms with Gasteiger partial charge >= 0.3 is 0 Å². The average molecular weight is 342 g/mol. The molecule has 0 fully saturated rings. The third-order valence-corrected chi connectivity index (χ3v) is 4.55. The van der Waals surface area contributed by atoms with E-state index in [4.69, 9.17) is 0 Å². The lowest BCUT2D eigenvalue weighted by atomic mass is 10.0. The second-order valence-electron chi connectivity index (χ2n) is 6.15. The summed E-state index contributed by atoms with van der Waals surface area (Å²) in [4.78, 5) is 17.0. The Labute approximate surface area is 151 Å². The summed E-state index contributed by atoms with van der Waals surface area (Å²) in [7, 11) is 0. The van der Waals surface area contributed by atoms with Gasteiger partial charge in [-0.1, -0.05) is 66.7 Å². The molecule has 0 bridgehead atoms. The lowest BCUT2D eigenvalue weighted by Crippen LogP contribution is -2.04. The van der Waals surface area contributed by atoms with Gasteiger partial charge in [0.25, 0.3) is 5.91 Å². The summed E-state index contributed by atoms with van der Waals surface area (Å²) in [6.07, 6.45) is 2.49. The molecule has 128 valence electrons. The van der Waals surface area contributed by atoms with Gasteiger partial charge in [-0.05, 0) is 12.0 Å². The third kappa shape index (κ3) is 2.47. The number of allylic oxidation sites excluding steroid dienone is 1. The largest absolute Gasteiger partial charge is 0.494 e. The quantitative estimate of drug-likeness (QED) is 0.698. The topological polar surface area (TPSA) is 54.6 Å². The monoisotopic (exact) mass is 342 g/mol. The van der Waals surface area contributed by atoms with Crippen LogP contribution in [0, 0.1) is 0 Å². The smallest absolute Gasteiger partial charge is 0.280 e. The number of aliphatic imine (C=N–C) groups is 1. The first-order chi connectivity index (χ1) is 12.7. The first-order valence-electron chi connectivity index (χ1n) is 8.53. The lowest BCUT2D eigenvalue weighted by molar-refractivity contribution is 0.101. The minimum atomic E-state index is -0.314. The molecule has 0 radical (unpaired) electrons. The van der Waals surface area contributed by atoms with Gasteiger partial charge in [0.1, 0.15) is 0 Å². The maximum absolute atomic E-state index is 12.8. The number of carbonyl (C=O) groups excluding carboxylic acids is 1. The molecule has 1 N–H and O–H groups in total. The molecular weight excluding hydrogens is 324 g/mol. The maximum Gasteiger partial charge on any atom is 0.280 e. The maximum atomic E-state index is 12.8. The van der Waals surface area contributed by atoms with Crippen molar-refractivity contribution < 1.29 is 9.90 Å². The molecule has 0 spiro atoms. The minimum absolute atomic E-state index is 0.0779. The molecule has 0 atom stereocenters. The van der Waals surface area contributed by atoms with Crippen LogP contribution in [0.1, 0.15) is 27.9 Å². The van der Waals surface area contributed by atoms with Gasteiger partial charge in [0, 0.05) is 12.1 Å². The highest BCUT2D eigenvalue weighted by atomic mass is 16.3. The first-order valence-corrected chi connectivity index (χ1v) is 8.53. The zero-order valence-corrected chi connectivity index (χ0v) is 14.2. The third-order valence-electron chi connectivity index (χ3n) is 4.55. The van der Waals surface area contributed by atoms with Gasteiger partial charge in [-0.15, -0.1) is 6.58 Å². The highest BCUT2D eigenvalue weighted by Crippen LogP contribution is 2.41. The standard InChI is InChI=1S/C22H18N2O2/c1-2-3-14-24-20(16-12-8-5-9-13-16)18-17(22(24)26)19(23-21(18)25)15-10-6-4-7-11-15/h2,4-13,26H,1,3,14H2. The van der Waals surface area contributed by atoms with E-state index < -0.39 is 0 Å². The van der Waals surface area contributed by atoms with Crippen molar-refractivity contribution >= 4 is 11.6 Å². The van der Waals surface area contributed by atoms with Crippen LogP contribution in [0.5, 0.6) is 5.88 Å². The molecule has 0 aliphatic carbocycles. The van der Waals surface area contributed by atoms with Crippen molar-refractivity contribution in [2.45, 2.75) is 13.0 Å². The predicted octanol–water partition coefficient (Wildman–Crippen LogP) is 4.43. The Hall–Kier alpha value is -3.40. The number of hydrogen-bond acceptors (Lipinski definition) is 2. The molecule has 1 aromatic heterocycles. The van der Waals surface area contributed by atoms with Gasteiger partial charge in [0.2, 0.25) is 5.88 Å². The normalized spacial score (nSPS) is 12.8. The van der Waals surface area contributed by atoms with Crippen molar-refractivity contribution in [3.63, 3.8) is 0 Å². The van der Waals surface area contributed by atoms with E-state index >= 15 is 0 Å². The Morgan fingerprint density at radius 2 is 1.58 bits per heavy atom. The fraction of sp³-hybridized carbons (Fsp3) is 0.0909. The van der Waals surface area contributed by atoms with Gasteiger partial charge < -0.3 is 9.67 Å². The van der Waals surface area contributed by atoms with Crippen LogP contribution in [0.3, 0.4) is 0 Å². The van der Waals surface area contributed by atoms with Crippen molar-refractivity contribution in [3.8, 4) is 17.1 Å². The molecule has 4 rings (SSSR count). The number of nitrogens with zero attached hydrogens (tertiary/aromatic N) is 2. The second kappa shape index (κ2) is 6.48. The number of amides is 1. The Bertz CT molecular complexity index is 1020. The minimum Gasteiger partial charge on any atom is -0.494 e. The molecule has 0 unspecified atom stereocenters. The van der Waals surface area contributed by atoms with Crippen LogP contribution in [-0.2, 0) is 6.54 Å². The summed E-state index contributed by atoms with van der Waals surface area (Å²) in [5, 5.41) is 11.0. The molecule has 3 aromatic rings. The molecule has 0 saturated heterocycles. The fourth-order valence-corrected chi connectivity index (χ4v) is 3.39. The van der Waals surface area contributed by atoms with Crippen molar-refractivity contribution in [2.75, 3.05) is 0 Å². The Morgan fingerprint density at radius 3 is 2.19 bits per heavy atom. The summed E-state index contributed by atoms with van der Waals surface area (Å²) in [5.41, 5.74) is 3.92. The Balaban J connectivity index is 1.97. The molecular formula is C22H18N2O2. The van der Waals surface area contributed by atoms with E-state index in [1.54, 1.807) is 10.6 Å². The van der Waals surface area contributed by atoms with Crippen LogP contribution >= 0.6 is 0 Å². The van der Waals surface area contributed by atoms with Crippen molar-refractivity contribution in [1.29, 1.82) is 0 Å². The van der Waals surface area contributed by atoms with E-state index in [-0.39, 0.29) is 11.8 Å². The van der Waals surface area contributed by atoms with E-state index in [2.05, 4.69) is 11.6 Å². The number of benzene rings is 2. The summed E-state index contributed by atoms with van der Waals surface area (Å²) in [5.74, 6) is -0.237. The summed E-state index contributed by atoms with van der Waals surface area (Å²) in [6, 6.07) is 19.1. The van der Waals surface area contributed by atoms with Gasteiger partial charge in [-0.25, -0.2) is 4.99 Å². The van der Waals surface area contributed by atoms with Gasteiger partial charge in [0.05, 0.1) is 22.5 Å². The van der Waals surface area contributed by atoms with E-state index in [0.717, 1.165) is 11.1 Å². The van der Waals surface area contributed by atoms with Crippen LogP contribution in [0.25, 0.3) is 11.3 Å². The van der Waals surface area contributed by atoms with Crippen LogP contribution in [-0.4, -0.2) is 21.3 Å². The van der Waals surface area contributed by atoms with Crippen molar-refractivity contribution in [2.24, 2.45) is 4.99 Å². The molecule has 4 nitrogen and oxygen atoms in total. The summed E-state index contributed by atoms with van der Waals surface area (Å²) in [6.45, 7) is 4.31. The van der Waals surface area contributed by atoms with E-state index in [9.17, 15) is 9.90 Å². The number of rotatable bonds is 5. The molecule has 1 amide bonds. The van der Waals surface area contributed by atoms with Crippen molar-refractivity contribution in [3.05, 3.63) is 90.0 Å². The number of carbonyl (C=O) groups is 1. The van der Waals surface area contributed by atoms with Gasteiger partial charge in [-0.3, -0.25) is 4.79 Å². The van der Waals surface area contributed by atoms with Gasteiger partial charge in [-0.2, -0.15) is 0 Å².